The monoisotopic (exact) mass is 300 g/mol. The van der Waals surface area contributed by atoms with Crippen LogP contribution in [0.4, 0.5) is 0 Å². The molecular weight excluding hydrogens is 284 g/mol. The minimum absolute atomic E-state index is 0.0775. The average Bonchev–Trinajstić information content (AvgIpc) is 2.64. The third-order valence-corrected chi connectivity index (χ3v) is 3.85. The zero-order valence-electron chi connectivity index (χ0n) is 12.5. The van der Waals surface area contributed by atoms with E-state index in [1.165, 1.54) is 0 Å². The Hall–Kier alpha value is -3.03. The van der Waals surface area contributed by atoms with Gasteiger partial charge in [0.1, 0.15) is 0 Å². The van der Waals surface area contributed by atoms with E-state index in [-0.39, 0.29) is 12.0 Å². The first kappa shape index (κ1) is 14.9. The SMILES string of the molecule is N#Cc1cccc(C(N)C(c2cccnc2)c2cccnc2)c1. The molecule has 0 bridgehead atoms. The molecule has 0 radical (unpaired) electrons. The van der Waals surface area contributed by atoms with E-state index in [4.69, 9.17) is 11.0 Å². The molecule has 3 aromatic rings. The molecule has 1 unspecified atom stereocenters. The van der Waals surface area contributed by atoms with Crippen molar-refractivity contribution in [2.45, 2.75) is 12.0 Å². The van der Waals surface area contributed by atoms with Crippen LogP contribution >= 0.6 is 0 Å². The predicted octanol–water partition coefficient (Wildman–Crippen LogP) is 3.18. The van der Waals surface area contributed by atoms with Gasteiger partial charge in [-0.2, -0.15) is 5.26 Å². The molecule has 2 heterocycles. The molecule has 112 valence electrons. The Labute approximate surface area is 135 Å². The highest BCUT2D eigenvalue weighted by Gasteiger charge is 2.24. The smallest absolute Gasteiger partial charge is 0.0991 e. The summed E-state index contributed by atoms with van der Waals surface area (Å²) in [5.74, 6) is -0.0775. The minimum atomic E-state index is -0.295. The summed E-state index contributed by atoms with van der Waals surface area (Å²) in [5, 5.41) is 9.11. The van der Waals surface area contributed by atoms with E-state index in [9.17, 15) is 0 Å². The maximum absolute atomic E-state index is 9.11. The third-order valence-electron chi connectivity index (χ3n) is 3.85. The molecule has 0 saturated carbocycles. The van der Waals surface area contributed by atoms with Crippen LogP contribution in [0, 0.1) is 11.3 Å². The zero-order valence-corrected chi connectivity index (χ0v) is 12.5. The lowest BCUT2D eigenvalue weighted by molar-refractivity contribution is 0.625. The first-order chi connectivity index (χ1) is 11.3. The summed E-state index contributed by atoms with van der Waals surface area (Å²) >= 11 is 0. The van der Waals surface area contributed by atoms with Gasteiger partial charge in [0.2, 0.25) is 0 Å². The van der Waals surface area contributed by atoms with Crippen molar-refractivity contribution in [3.63, 3.8) is 0 Å². The molecule has 0 amide bonds. The first-order valence-corrected chi connectivity index (χ1v) is 7.35. The average molecular weight is 300 g/mol. The summed E-state index contributed by atoms with van der Waals surface area (Å²) < 4.78 is 0. The number of benzene rings is 1. The number of hydrogen-bond acceptors (Lipinski definition) is 4. The minimum Gasteiger partial charge on any atom is -0.323 e. The number of nitrogens with two attached hydrogens (primary N) is 1. The van der Waals surface area contributed by atoms with E-state index < -0.39 is 0 Å². The maximum Gasteiger partial charge on any atom is 0.0991 e. The molecule has 0 fully saturated rings. The molecular formula is C19H16N4. The summed E-state index contributed by atoms with van der Waals surface area (Å²) in [6.07, 6.45) is 7.13. The quantitative estimate of drug-likeness (QED) is 0.803. The van der Waals surface area contributed by atoms with Crippen molar-refractivity contribution in [2.24, 2.45) is 5.73 Å². The Morgan fingerprint density at radius 3 is 2.00 bits per heavy atom. The number of pyridine rings is 2. The number of hydrogen-bond donors (Lipinski definition) is 1. The Balaban J connectivity index is 2.06. The first-order valence-electron chi connectivity index (χ1n) is 7.35. The second-order valence-corrected chi connectivity index (χ2v) is 5.31. The lowest BCUT2D eigenvalue weighted by Gasteiger charge is -2.25. The van der Waals surface area contributed by atoms with E-state index in [0.717, 1.165) is 16.7 Å². The Morgan fingerprint density at radius 2 is 1.48 bits per heavy atom. The number of nitriles is 1. The molecule has 0 aliphatic rings. The molecule has 0 saturated heterocycles. The number of nitrogens with zero attached hydrogens (tertiary/aromatic N) is 3. The van der Waals surface area contributed by atoms with Gasteiger partial charge in [-0.3, -0.25) is 9.97 Å². The molecule has 0 aliphatic carbocycles. The fourth-order valence-electron chi connectivity index (χ4n) is 2.73. The van der Waals surface area contributed by atoms with Gasteiger partial charge in [0.05, 0.1) is 11.6 Å². The van der Waals surface area contributed by atoms with E-state index in [1.54, 1.807) is 18.5 Å². The predicted molar refractivity (Wildman–Crippen MR) is 88.4 cm³/mol. The van der Waals surface area contributed by atoms with E-state index in [2.05, 4.69) is 16.0 Å². The van der Waals surface area contributed by atoms with Crippen LogP contribution in [0.2, 0.25) is 0 Å². The molecule has 4 heteroatoms. The molecule has 23 heavy (non-hydrogen) atoms. The second-order valence-electron chi connectivity index (χ2n) is 5.31. The molecule has 3 rings (SSSR count). The summed E-state index contributed by atoms with van der Waals surface area (Å²) in [6.45, 7) is 0. The third kappa shape index (κ3) is 3.25. The summed E-state index contributed by atoms with van der Waals surface area (Å²) in [7, 11) is 0. The van der Waals surface area contributed by atoms with Crippen LogP contribution in [0.5, 0.6) is 0 Å². The number of rotatable bonds is 4. The summed E-state index contributed by atoms with van der Waals surface area (Å²) in [6, 6.07) is 17.1. The molecule has 1 atom stereocenters. The van der Waals surface area contributed by atoms with Crippen LogP contribution in [0.25, 0.3) is 0 Å². The standard InChI is InChI=1S/C19H16N4/c20-11-14-4-1-5-15(10-14)19(21)18(16-6-2-8-22-12-16)17-7-3-9-23-13-17/h1-10,12-13,18-19H,21H2. The lowest BCUT2D eigenvalue weighted by Crippen LogP contribution is -2.21. The van der Waals surface area contributed by atoms with Gasteiger partial charge in [0.15, 0.2) is 0 Å². The van der Waals surface area contributed by atoms with Crippen LogP contribution in [0.3, 0.4) is 0 Å². The highest BCUT2D eigenvalue weighted by molar-refractivity contribution is 5.39. The molecule has 2 aromatic heterocycles. The van der Waals surface area contributed by atoms with Crippen LogP contribution in [0.1, 0.15) is 34.2 Å². The van der Waals surface area contributed by atoms with Gasteiger partial charge in [-0.05, 0) is 41.0 Å². The van der Waals surface area contributed by atoms with Crippen molar-refractivity contribution >= 4 is 0 Å². The van der Waals surface area contributed by atoms with Crippen molar-refractivity contribution < 1.29 is 0 Å². The largest absolute Gasteiger partial charge is 0.323 e. The lowest BCUT2D eigenvalue weighted by atomic mass is 9.83. The van der Waals surface area contributed by atoms with Crippen molar-refractivity contribution in [1.82, 2.24) is 9.97 Å². The van der Waals surface area contributed by atoms with Gasteiger partial charge in [-0.1, -0.05) is 24.3 Å². The van der Waals surface area contributed by atoms with Crippen LogP contribution in [-0.2, 0) is 0 Å². The normalized spacial score (nSPS) is 11.9. The number of aromatic nitrogens is 2. The molecule has 1 aromatic carbocycles. The highest BCUT2D eigenvalue weighted by Crippen LogP contribution is 2.34. The van der Waals surface area contributed by atoms with E-state index in [1.807, 2.05) is 54.9 Å². The summed E-state index contributed by atoms with van der Waals surface area (Å²) in [4.78, 5) is 8.43. The van der Waals surface area contributed by atoms with Gasteiger partial charge in [0.25, 0.3) is 0 Å². The fourth-order valence-corrected chi connectivity index (χ4v) is 2.73. The fraction of sp³-hybridized carbons (Fsp3) is 0.105. The second kappa shape index (κ2) is 6.82. The molecule has 0 spiro atoms. The van der Waals surface area contributed by atoms with Gasteiger partial charge < -0.3 is 5.73 Å². The van der Waals surface area contributed by atoms with E-state index in [0.29, 0.717) is 5.56 Å². The van der Waals surface area contributed by atoms with Gasteiger partial charge in [-0.25, -0.2) is 0 Å². The van der Waals surface area contributed by atoms with E-state index >= 15 is 0 Å². The van der Waals surface area contributed by atoms with Gasteiger partial charge >= 0.3 is 0 Å². The molecule has 4 nitrogen and oxygen atoms in total. The maximum atomic E-state index is 9.11. The van der Waals surface area contributed by atoms with Gasteiger partial charge in [-0.15, -0.1) is 0 Å². The van der Waals surface area contributed by atoms with Gasteiger partial charge in [0, 0.05) is 36.7 Å². The van der Waals surface area contributed by atoms with Crippen LogP contribution in [-0.4, -0.2) is 9.97 Å². The van der Waals surface area contributed by atoms with Crippen molar-refractivity contribution in [3.8, 4) is 6.07 Å². The van der Waals surface area contributed by atoms with Crippen molar-refractivity contribution in [2.75, 3.05) is 0 Å². The topological polar surface area (TPSA) is 75.6 Å². The zero-order chi connectivity index (χ0) is 16.1. The van der Waals surface area contributed by atoms with Crippen LogP contribution < -0.4 is 5.73 Å². The Kier molecular flexibility index (Phi) is 4.41. The summed E-state index contributed by atoms with van der Waals surface area (Å²) in [5.41, 5.74) is 10.1. The Morgan fingerprint density at radius 1 is 0.870 bits per heavy atom. The van der Waals surface area contributed by atoms with Crippen LogP contribution in [0.15, 0.2) is 73.3 Å². The van der Waals surface area contributed by atoms with Crippen molar-refractivity contribution in [1.29, 1.82) is 5.26 Å². The molecule has 2 N–H and O–H groups in total. The van der Waals surface area contributed by atoms with Crippen molar-refractivity contribution in [3.05, 3.63) is 95.6 Å². The highest BCUT2D eigenvalue weighted by atomic mass is 14.7. The Bertz CT molecular complexity index is 770. The molecule has 0 aliphatic heterocycles.